The minimum absolute atomic E-state index is 0.0461. The number of likely N-dealkylation sites (tertiary alicyclic amines) is 1. The lowest BCUT2D eigenvalue weighted by Gasteiger charge is -2.39. The van der Waals surface area contributed by atoms with Gasteiger partial charge < -0.3 is 24.6 Å². The third-order valence-corrected chi connectivity index (χ3v) is 9.59. The van der Waals surface area contributed by atoms with Gasteiger partial charge in [0.15, 0.2) is 0 Å². The predicted molar refractivity (Wildman–Crippen MR) is 186 cm³/mol. The summed E-state index contributed by atoms with van der Waals surface area (Å²) in [4.78, 5) is 30.7. The fourth-order valence-corrected chi connectivity index (χ4v) is 7.36. The van der Waals surface area contributed by atoms with Gasteiger partial charge in [0.05, 0.1) is 5.56 Å². The van der Waals surface area contributed by atoms with Gasteiger partial charge in [0.25, 0.3) is 0 Å². The van der Waals surface area contributed by atoms with Crippen LogP contribution in [0, 0.1) is 11.8 Å². The van der Waals surface area contributed by atoms with E-state index >= 15 is 0 Å². The molecule has 0 bridgehead atoms. The minimum Gasteiger partial charge on any atom is -0.459 e. The number of rotatable bonds is 13. The molecule has 4 atom stereocenters. The quantitative estimate of drug-likeness (QED) is 0.213. The Morgan fingerprint density at radius 3 is 2.20 bits per heavy atom. The fraction of sp³-hybridized carbons (Fsp3) is 0.641. The molecule has 0 aromatic heterocycles. The Kier molecular flexibility index (Phi) is 13.6. The van der Waals surface area contributed by atoms with Crippen LogP contribution in [0.2, 0.25) is 0 Å². The molecule has 1 N–H and O–H groups in total. The molecule has 0 radical (unpaired) electrons. The van der Waals surface area contributed by atoms with E-state index in [-0.39, 0.29) is 30.7 Å². The Bertz CT molecular complexity index is 1320. The predicted octanol–water partition coefficient (Wildman–Crippen LogP) is 8.43. The van der Waals surface area contributed by atoms with Crippen LogP contribution in [0.25, 0.3) is 0 Å². The number of carbonyl (C=O) groups is 2. The number of carbonyl (C=O) groups excluding carboxylic acids is 2. The van der Waals surface area contributed by atoms with E-state index in [4.69, 9.17) is 9.47 Å². The Morgan fingerprint density at radius 2 is 1.63 bits per heavy atom. The van der Waals surface area contributed by atoms with Gasteiger partial charge in [-0.1, -0.05) is 63.2 Å². The number of amides is 1. The van der Waals surface area contributed by atoms with E-state index in [0.29, 0.717) is 29.9 Å². The Morgan fingerprint density at radius 1 is 0.980 bits per heavy atom. The van der Waals surface area contributed by atoms with Crippen LogP contribution < -0.4 is 5.32 Å². The lowest BCUT2D eigenvalue weighted by atomic mass is 9.88. The highest BCUT2D eigenvalue weighted by Crippen LogP contribution is 2.41. The van der Waals surface area contributed by atoms with E-state index in [2.05, 4.69) is 48.3 Å². The number of hydrogen-bond donors (Lipinski definition) is 1. The maximum absolute atomic E-state index is 13.2. The topological polar surface area (TPSA) is 71.1 Å². The number of esters is 1. The summed E-state index contributed by atoms with van der Waals surface area (Å²) in [5.74, 6) is 0.946. The second kappa shape index (κ2) is 17.2. The average molecular weight is 688 g/mol. The maximum Gasteiger partial charge on any atom is 0.416 e. The molecule has 7 nitrogen and oxygen atoms in total. The first-order valence-corrected chi connectivity index (χ1v) is 18.0. The number of halogens is 3. The number of ether oxygens (including phenoxy) is 2. The van der Waals surface area contributed by atoms with Crippen molar-refractivity contribution in [3.8, 4) is 0 Å². The summed E-state index contributed by atoms with van der Waals surface area (Å²) in [7, 11) is 0. The number of nitrogens with zero attached hydrogens (tertiary/aromatic N) is 2. The zero-order valence-electron chi connectivity index (χ0n) is 30.1. The smallest absolute Gasteiger partial charge is 0.416 e. The van der Waals surface area contributed by atoms with Crippen molar-refractivity contribution in [2.24, 2.45) is 11.8 Å². The van der Waals surface area contributed by atoms with E-state index < -0.39 is 23.4 Å². The molecular weight excluding hydrogens is 631 g/mol. The van der Waals surface area contributed by atoms with Gasteiger partial charge >= 0.3 is 18.2 Å². The van der Waals surface area contributed by atoms with Crippen molar-refractivity contribution in [3.63, 3.8) is 0 Å². The van der Waals surface area contributed by atoms with Crippen LogP contribution in [-0.2, 0) is 27.1 Å². The maximum atomic E-state index is 13.2. The third kappa shape index (κ3) is 11.7. The molecule has 3 unspecified atom stereocenters. The second-order valence-electron chi connectivity index (χ2n) is 15.3. The van der Waals surface area contributed by atoms with Gasteiger partial charge in [-0.25, -0.2) is 4.79 Å². The molecule has 10 heteroatoms. The first-order valence-electron chi connectivity index (χ1n) is 18.0. The van der Waals surface area contributed by atoms with E-state index in [1.807, 2.05) is 33.8 Å². The van der Waals surface area contributed by atoms with Crippen molar-refractivity contribution in [2.45, 2.75) is 122 Å². The molecule has 2 aliphatic rings. The van der Waals surface area contributed by atoms with Gasteiger partial charge in [-0.05, 0) is 100 Å². The molecule has 1 amide bonds. The molecule has 49 heavy (non-hydrogen) atoms. The molecular formula is C39H56F3N3O4. The van der Waals surface area contributed by atoms with Gasteiger partial charge in [-0.15, -0.1) is 0 Å². The van der Waals surface area contributed by atoms with Crippen LogP contribution in [0.3, 0.4) is 0 Å². The first kappa shape index (κ1) is 38.7. The summed E-state index contributed by atoms with van der Waals surface area (Å²) in [6.07, 6.45) is 0.261. The monoisotopic (exact) mass is 687 g/mol. The first-order chi connectivity index (χ1) is 23.1. The highest BCUT2D eigenvalue weighted by atomic mass is 19.4. The number of piperidine rings is 1. The van der Waals surface area contributed by atoms with Crippen LogP contribution in [0.1, 0.15) is 103 Å². The van der Waals surface area contributed by atoms with Gasteiger partial charge in [0.1, 0.15) is 18.2 Å². The normalized spacial score (nSPS) is 21.5. The van der Waals surface area contributed by atoms with Gasteiger partial charge in [0.2, 0.25) is 0 Å². The van der Waals surface area contributed by atoms with Crippen molar-refractivity contribution in [1.82, 2.24) is 15.1 Å². The highest BCUT2D eigenvalue weighted by Gasteiger charge is 2.39. The summed E-state index contributed by atoms with van der Waals surface area (Å²) >= 11 is 0. The van der Waals surface area contributed by atoms with Crippen molar-refractivity contribution < 1.29 is 32.2 Å². The highest BCUT2D eigenvalue weighted by molar-refractivity contribution is 5.76. The summed E-state index contributed by atoms with van der Waals surface area (Å²) in [6.45, 7) is 15.2. The molecule has 2 aromatic carbocycles. The molecule has 4 rings (SSSR count). The van der Waals surface area contributed by atoms with E-state index in [1.54, 1.807) is 4.90 Å². The largest absolute Gasteiger partial charge is 0.459 e. The number of nitrogens with one attached hydrogen (secondary N) is 1. The van der Waals surface area contributed by atoms with Crippen molar-refractivity contribution in [3.05, 3.63) is 71.3 Å². The van der Waals surface area contributed by atoms with Gasteiger partial charge in [0, 0.05) is 38.3 Å². The minimum atomic E-state index is -4.40. The summed E-state index contributed by atoms with van der Waals surface area (Å²) in [5.41, 5.74) is 0.582. The number of alkyl halides is 3. The van der Waals surface area contributed by atoms with Crippen LogP contribution in [-0.4, -0.2) is 71.8 Å². The standard InChI is InChI=1S/C39H56F3N3O4/c1-7-19-45(37(47)48-26-28-13-15-31(16-14-28)39(40,41)42)33-17-20-44(21-18-33)25-30-23-32(24-34(30)29-11-9-8-10-12-29)43-35(22-27(2)3)36(46)49-38(4,5)6/h8-16,27,30,32-35,43H,7,17-26H2,1-6H3/t30?,32?,34?,35-/m1/s1. The van der Waals surface area contributed by atoms with Gasteiger partial charge in [-0.3, -0.25) is 4.79 Å². The number of hydrogen-bond acceptors (Lipinski definition) is 6. The lowest BCUT2D eigenvalue weighted by molar-refractivity contribution is -0.158. The molecule has 1 heterocycles. The zero-order valence-corrected chi connectivity index (χ0v) is 30.1. The molecule has 2 aromatic rings. The fourth-order valence-electron chi connectivity index (χ4n) is 7.36. The molecule has 272 valence electrons. The van der Waals surface area contributed by atoms with Crippen LogP contribution in [0.15, 0.2) is 54.6 Å². The summed E-state index contributed by atoms with van der Waals surface area (Å²) < 4.78 is 50.2. The Hall–Kier alpha value is -3.11. The molecule has 1 aliphatic carbocycles. The lowest BCUT2D eigenvalue weighted by Crippen LogP contribution is -2.49. The third-order valence-electron chi connectivity index (χ3n) is 9.59. The van der Waals surface area contributed by atoms with Crippen LogP contribution in [0.5, 0.6) is 0 Å². The number of benzene rings is 2. The second-order valence-corrected chi connectivity index (χ2v) is 15.3. The molecule has 0 spiro atoms. The summed E-state index contributed by atoms with van der Waals surface area (Å²) in [5, 5.41) is 3.72. The summed E-state index contributed by atoms with van der Waals surface area (Å²) in [6, 6.07) is 15.3. The molecule has 1 saturated carbocycles. The van der Waals surface area contributed by atoms with Crippen LogP contribution >= 0.6 is 0 Å². The van der Waals surface area contributed by atoms with E-state index in [9.17, 15) is 22.8 Å². The molecule has 1 saturated heterocycles. The Balaban J connectivity index is 1.36. The van der Waals surface area contributed by atoms with Crippen LogP contribution in [0.4, 0.5) is 18.0 Å². The van der Waals surface area contributed by atoms with E-state index in [0.717, 1.165) is 70.3 Å². The zero-order chi connectivity index (χ0) is 35.8. The van der Waals surface area contributed by atoms with Gasteiger partial charge in [-0.2, -0.15) is 13.2 Å². The SMILES string of the molecule is CCCN(C(=O)OCc1ccc(C(F)(F)F)cc1)C1CCN(CC2CC(N[C@H](CC(C)C)C(=O)OC(C)(C)C)CC2c2ccccc2)CC1. The molecule has 1 aliphatic heterocycles. The Labute approximate surface area is 290 Å². The van der Waals surface area contributed by atoms with Crippen molar-refractivity contribution in [1.29, 1.82) is 0 Å². The average Bonchev–Trinajstić information content (AvgIpc) is 3.43. The van der Waals surface area contributed by atoms with Crippen molar-refractivity contribution >= 4 is 12.1 Å². The van der Waals surface area contributed by atoms with Crippen molar-refractivity contribution in [2.75, 3.05) is 26.2 Å². The van der Waals surface area contributed by atoms with E-state index in [1.165, 1.54) is 17.7 Å². The molecule has 2 fully saturated rings.